The third kappa shape index (κ3) is 3.56. The summed E-state index contributed by atoms with van der Waals surface area (Å²) in [7, 11) is 0. The van der Waals surface area contributed by atoms with Crippen LogP contribution in [0.25, 0.3) is 44.7 Å². The molecular formula is C23H22FN7O. The number of benzene rings is 1. The van der Waals surface area contributed by atoms with E-state index >= 15 is 0 Å². The summed E-state index contributed by atoms with van der Waals surface area (Å²) in [5, 5.41) is 21.3. The molecule has 5 rings (SSSR count). The number of aromatic nitrogens is 6. The molecule has 0 radical (unpaired) electrons. The SMILES string of the molecule is CC(C)(C)C(O)Nc1cncc(-c2cc3c(-c4nc5ncccc5[nH]4)n[nH]c3cc2F)c1. The Bertz CT molecular complexity index is 1400. The Morgan fingerprint density at radius 2 is 1.97 bits per heavy atom. The second-order valence-electron chi connectivity index (χ2n) is 8.79. The predicted molar refractivity (Wildman–Crippen MR) is 121 cm³/mol. The molecule has 4 aromatic heterocycles. The summed E-state index contributed by atoms with van der Waals surface area (Å²) in [5.74, 6) is 0.138. The van der Waals surface area contributed by atoms with E-state index in [9.17, 15) is 9.50 Å². The lowest BCUT2D eigenvalue weighted by Gasteiger charge is -2.27. The van der Waals surface area contributed by atoms with Crippen LogP contribution in [0, 0.1) is 11.2 Å². The summed E-state index contributed by atoms with van der Waals surface area (Å²) in [6.07, 6.45) is 4.07. The van der Waals surface area contributed by atoms with Crippen LogP contribution in [0.5, 0.6) is 0 Å². The maximum Gasteiger partial charge on any atom is 0.178 e. The molecule has 1 atom stereocenters. The Kier molecular flexibility index (Phi) is 4.63. The number of aliphatic hydroxyl groups excluding tert-OH is 1. The molecule has 32 heavy (non-hydrogen) atoms. The molecule has 1 unspecified atom stereocenters. The second kappa shape index (κ2) is 7.38. The van der Waals surface area contributed by atoms with Gasteiger partial charge in [0.05, 0.1) is 22.9 Å². The molecule has 5 aromatic rings. The van der Waals surface area contributed by atoms with Gasteiger partial charge >= 0.3 is 0 Å². The average Bonchev–Trinajstić information content (AvgIpc) is 3.36. The Hall–Kier alpha value is -3.85. The maximum atomic E-state index is 15.0. The first kappa shape index (κ1) is 20.1. The van der Waals surface area contributed by atoms with Crippen molar-refractivity contribution in [1.29, 1.82) is 0 Å². The number of anilines is 1. The van der Waals surface area contributed by atoms with Gasteiger partial charge in [-0.3, -0.25) is 10.1 Å². The van der Waals surface area contributed by atoms with Crippen molar-refractivity contribution in [3.8, 4) is 22.6 Å². The van der Waals surface area contributed by atoms with E-state index in [1.54, 1.807) is 30.7 Å². The number of aromatic amines is 2. The Balaban J connectivity index is 1.57. The van der Waals surface area contributed by atoms with Gasteiger partial charge in [0.2, 0.25) is 0 Å². The van der Waals surface area contributed by atoms with Gasteiger partial charge in [-0.25, -0.2) is 14.4 Å². The second-order valence-corrected chi connectivity index (χ2v) is 8.79. The lowest BCUT2D eigenvalue weighted by molar-refractivity contribution is 0.0880. The van der Waals surface area contributed by atoms with Crippen molar-refractivity contribution in [3.05, 3.63) is 54.7 Å². The third-order valence-electron chi connectivity index (χ3n) is 5.31. The van der Waals surface area contributed by atoms with Gasteiger partial charge in [0.25, 0.3) is 0 Å². The van der Waals surface area contributed by atoms with E-state index in [4.69, 9.17) is 0 Å². The topological polar surface area (TPSA) is 115 Å². The summed E-state index contributed by atoms with van der Waals surface area (Å²) >= 11 is 0. The number of H-pyrrole nitrogens is 2. The molecule has 0 fully saturated rings. The number of fused-ring (bicyclic) bond motifs is 2. The molecule has 1 aromatic carbocycles. The first-order valence-corrected chi connectivity index (χ1v) is 10.2. The summed E-state index contributed by atoms with van der Waals surface area (Å²) < 4.78 is 15.0. The quantitative estimate of drug-likeness (QED) is 0.312. The van der Waals surface area contributed by atoms with Crippen LogP contribution in [0.4, 0.5) is 10.1 Å². The van der Waals surface area contributed by atoms with E-state index < -0.39 is 12.0 Å². The molecule has 0 aliphatic heterocycles. The molecule has 0 saturated heterocycles. The first-order chi connectivity index (χ1) is 15.3. The number of hydrogen-bond donors (Lipinski definition) is 4. The lowest BCUT2D eigenvalue weighted by atomic mass is 9.94. The van der Waals surface area contributed by atoms with Crippen molar-refractivity contribution in [2.45, 2.75) is 27.0 Å². The van der Waals surface area contributed by atoms with E-state index in [0.29, 0.717) is 44.9 Å². The number of nitrogens with one attached hydrogen (secondary N) is 3. The van der Waals surface area contributed by atoms with Gasteiger partial charge in [-0.1, -0.05) is 20.8 Å². The fraction of sp³-hybridized carbons (Fsp3) is 0.217. The number of nitrogens with zero attached hydrogens (tertiary/aromatic N) is 4. The van der Waals surface area contributed by atoms with Gasteiger partial charge in [-0.05, 0) is 24.3 Å². The highest BCUT2D eigenvalue weighted by molar-refractivity contribution is 5.95. The molecule has 0 saturated carbocycles. The van der Waals surface area contributed by atoms with Crippen LogP contribution in [0.15, 0.2) is 48.9 Å². The minimum absolute atomic E-state index is 0.368. The zero-order valence-electron chi connectivity index (χ0n) is 17.8. The molecule has 0 amide bonds. The van der Waals surface area contributed by atoms with Gasteiger partial charge in [0.1, 0.15) is 17.7 Å². The highest BCUT2D eigenvalue weighted by Gasteiger charge is 2.22. The lowest BCUT2D eigenvalue weighted by Crippen LogP contribution is -2.33. The van der Waals surface area contributed by atoms with Crippen molar-refractivity contribution in [3.63, 3.8) is 0 Å². The monoisotopic (exact) mass is 431 g/mol. The van der Waals surface area contributed by atoms with Crippen LogP contribution in [-0.4, -0.2) is 41.5 Å². The van der Waals surface area contributed by atoms with E-state index in [1.807, 2.05) is 32.9 Å². The van der Waals surface area contributed by atoms with Crippen LogP contribution in [0.2, 0.25) is 0 Å². The normalized spacial score (nSPS) is 13.0. The van der Waals surface area contributed by atoms with Crippen molar-refractivity contribution in [1.82, 2.24) is 30.1 Å². The highest BCUT2D eigenvalue weighted by atomic mass is 19.1. The van der Waals surface area contributed by atoms with Crippen LogP contribution in [-0.2, 0) is 0 Å². The molecule has 0 aliphatic carbocycles. The Labute approximate surface area is 183 Å². The third-order valence-corrected chi connectivity index (χ3v) is 5.31. The van der Waals surface area contributed by atoms with Gasteiger partial charge in [-0.15, -0.1) is 0 Å². The highest BCUT2D eigenvalue weighted by Crippen LogP contribution is 2.33. The number of imidazole rings is 1. The van der Waals surface area contributed by atoms with E-state index in [0.717, 1.165) is 5.52 Å². The molecule has 8 nitrogen and oxygen atoms in total. The predicted octanol–water partition coefficient (Wildman–Crippen LogP) is 4.48. The van der Waals surface area contributed by atoms with E-state index in [-0.39, 0.29) is 5.41 Å². The van der Waals surface area contributed by atoms with Crippen LogP contribution in [0.3, 0.4) is 0 Å². The Morgan fingerprint density at radius 1 is 1.12 bits per heavy atom. The van der Waals surface area contributed by atoms with Crippen molar-refractivity contribution in [2.24, 2.45) is 5.41 Å². The van der Waals surface area contributed by atoms with E-state index in [2.05, 4.69) is 35.5 Å². The molecule has 0 spiro atoms. The fourth-order valence-electron chi connectivity index (χ4n) is 3.44. The number of aliphatic hydroxyl groups is 1. The van der Waals surface area contributed by atoms with Crippen LogP contribution < -0.4 is 5.32 Å². The number of rotatable bonds is 4. The average molecular weight is 431 g/mol. The zero-order chi connectivity index (χ0) is 22.5. The standard InChI is InChI=1S/C23H22FN7O/c1-23(2,3)22(32)27-13-7-12(10-25-11-13)14-8-15-18(9-16(14)24)30-31-19(15)21-28-17-5-4-6-26-20(17)29-21/h4-11,22,27,32H,1-3H3,(H,30,31)(H,26,28,29). The fourth-order valence-corrected chi connectivity index (χ4v) is 3.44. The molecule has 4 heterocycles. The maximum absolute atomic E-state index is 15.0. The summed E-state index contributed by atoms with van der Waals surface area (Å²) in [6, 6.07) is 8.61. The van der Waals surface area contributed by atoms with Gasteiger partial charge in [-0.2, -0.15) is 5.10 Å². The minimum atomic E-state index is -0.783. The zero-order valence-corrected chi connectivity index (χ0v) is 17.8. The van der Waals surface area contributed by atoms with Crippen molar-refractivity contribution in [2.75, 3.05) is 5.32 Å². The summed E-state index contributed by atoms with van der Waals surface area (Å²) in [5.41, 5.74) is 3.69. The van der Waals surface area contributed by atoms with Gasteiger partial charge in [0, 0.05) is 40.4 Å². The number of hydrogen-bond acceptors (Lipinski definition) is 6. The largest absolute Gasteiger partial charge is 0.373 e. The van der Waals surface area contributed by atoms with Gasteiger partial charge < -0.3 is 15.4 Å². The summed E-state index contributed by atoms with van der Waals surface area (Å²) in [4.78, 5) is 16.2. The van der Waals surface area contributed by atoms with Crippen molar-refractivity contribution >= 4 is 27.8 Å². The number of pyridine rings is 2. The molecule has 0 bridgehead atoms. The molecule has 162 valence electrons. The minimum Gasteiger partial charge on any atom is -0.373 e. The molecule has 4 N–H and O–H groups in total. The molecular weight excluding hydrogens is 409 g/mol. The summed E-state index contributed by atoms with van der Waals surface area (Å²) in [6.45, 7) is 5.76. The van der Waals surface area contributed by atoms with Crippen LogP contribution in [0.1, 0.15) is 20.8 Å². The number of halogens is 1. The molecule has 0 aliphatic rings. The van der Waals surface area contributed by atoms with E-state index in [1.165, 1.54) is 6.07 Å². The van der Waals surface area contributed by atoms with Gasteiger partial charge in [0.15, 0.2) is 11.5 Å². The smallest absolute Gasteiger partial charge is 0.178 e. The van der Waals surface area contributed by atoms with Crippen LogP contribution >= 0.6 is 0 Å². The van der Waals surface area contributed by atoms with Crippen molar-refractivity contribution < 1.29 is 9.50 Å². The Morgan fingerprint density at radius 3 is 2.75 bits per heavy atom. The molecule has 9 heteroatoms. The first-order valence-electron chi connectivity index (χ1n) is 10.2.